The van der Waals surface area contributed by atoms with Gasteiger partial charge in [-0.15, -0.1) is 0 Å². The zero-order valence-corrected chi connectivity index (χ0v) is 11.1. The fourth-order valence-corrected chi connectivity index (χ4v) is 2.20. The first-order valence-corrected chi connectivity index (χ1v) is 6.69. The molecule has 1 aliphatic heterocycles. The van der Waals surface area contributed by atoms with Crippen LogP contribution in [0.1, 0.15) is 18.1 Å². The van der Waals surface area contributed by atoms with E-state index in [1.807, 2.05) is 48.5 Å². The van der Waals surface area contributed by atoms with Crippen molar-refractivity contribution < 1.29 is 14.6 Å². The Balaban J connectivity index is 1.55. The standard InChI is InChI=1S/C16H17NO3/c18-14(8-9-17-13-4-2-1-3-5-13)12-6-7-15-16(10-12)20-11-19-15/h1-7,10,14,17-18H,8-9,11H2. The number of ether oxygens (including phenoxy) is 2. The first kappa shape index (κ1) is 12.8. The van der Waals surface area contributed by atoms with Gasteiger partial charge in [0.05, 0.1) is 6.10 Å². The van der Waals surface area contributed by atoms with Crippen molar-refractivity contribution in [3.05, 3.63) is 54.1 Å². The highest BCUT2D eigenvalue weighted by Gasteiger charge is 2.16. The fourth-order valence-electron chi connectivity index (χ4n) is 2.20. The van der Waals surface area contributed by atoms with Gasteiger partial charge in [-0.25, -0.2) is 0 Å². The van der Waals surface area contributed by atoms with Crippen LogP contribution in [0.2, 0.25) is 0 Å². The molecule has 4 nitrogen and oxygen atoms in total. The van der Waals surface area contributed by atoms with Crippen LogP contribution in [0.4, 0.5) is 5.69 Å². The van der Waals surface area contributed by atoms with E-state index in [2.05, 4.69) is 5.32 Å². The highest BCUT2D eigenvalue weighted by molar-refractivity contribution is 5.45. The molecule has 0 bridgehead atoms. The topological polar surface area (TPSA) is 50.7 Å². The maximum atomic E-state index is 10.2. The molecule has 3 rings (SSSR count). The smallest absolute Gasteiger partial charge is 0.231 e. The number of para-hydroxylation sites is 1. The third-order valence-electron chi connectivity index (χ3n) is 3.30. The van der Waals surface area contributed by atoms with Crippen LogP contribution >= 0.6 is 0 Å². The van der Waals surface area contributed by atoms with Gasteiger partial charge in [0.2, 0.25) is 6.79 Å². The van der Waals surface area contributed by atoms with Gasteiger partial charge >= 0.3 is 0 Å². The largest absolute Gasteiger partial charge is 0.454 e. The van der Waals surface area contributed by atoms with E-state index in [-0.39, 0.29) is 6.79 Å². The van der Waals surface area contributed by atoms with Gasteiger partial charge < -0.3 is 19.9 Å². The molecule has 0 saturated carbocycles. The van der Waals surface area contributed by atoms with Crippen LogP contribution in [0.25, 0.3) is 0 Å². The highest BCUT2D eigenvalue weighted by Crippen LogP contribution is 2.34. The van der Waals surface area contributed by atoms with Gasteiger partial charge in [0, 0.05) is 12.2 Å². The molecule has 2 aromatic rings. The van der Waals surface area contributed by atoms with E-state index in [1.54, 1.807) is 0 Å². The summed E-state index contributed by atoms with van der Waals surface area (Å²) in [7, 11) is 0. The van der Waals surface area contributed by atoms with E-state index >= 15 is 0 Å². The minimum absolute atomic E-state index is 0.254. The van der Waals surface area contributed by atoms with Crippen LogP contribution in [-0.4, -0.2) is 18.4 Å². The lowest BCUT2D eigenvalue weighted by atomic mass is 10.1. The molecular weight excluding hydrogens is 254 g/mol. The maximum Gasteiger partial charge on any atom is 0.231 e. The first-order chi connectivity index (χ1) is 9.83. The molecule has 0 fully saturated rings. The zero-order valence-electron chi connectivity index (χ0n) is 11.1. The highest BCUT2D eigenvalue weighted by atomic mass is 16.7. The zero-order chi connectivity index (χ0) is 13.8. The average molecular weight is 271 g/mol. The van der Waals surface area contributed by atoms with Crippen molar-refractivity contribution in [2.75, 3.05) is 18.7 Å². The molecule has 0 amide bonds. The van der Waals surface area contributed by atoms with Crippen molar-refractivity contribution in [3.8, 4) is 11.5 Å². The summed E-state index contributed by atoms with van der Waals surface area (Å²) in [6.07, 6.45) is 0.120. The summed E-state index contributed by atoms with van der Waals surface area (Å²) in [6, 6.07) is 15.5. The number of fused-ring (bicyclic) bond motifs is 1. The number of aliphatic hydroxyl groups is 1. The second-order valence-corrected chi connectivity index (χ2v) is 4.71. The van der Waals surface area contributed by atoms with Crippen LogP contribution in [0, 0.1) is 0 Å². The van der Waals surface area contributed by atoms with E-state index in [9.17, 15) is 5.11 Å². The summed E-state index contributed by atoms with van der Waals surface area (Å²) in [5, 5.41) is 13.5. The summed E-state index contributed by atoms with van der Waals surface area (Å²) < 4.78 is 10.6. The summed E-state index contributed by atoms with van der Waals surface area (Å²) in [5.41, 5.74) is 1.91. The predicted octanol–water partition coefficient (Wildman–Crippen LogP) is 2.95. The van der Waals surface area contributed by atoms with Crippen LogP contribution < -0.4 is 14.8 Å². The van der Waals surface area contributed by atoms with Crippen molar-refractivity contribution in [1.82, 2.24) is 0 Å². The number of aliphatic hydroxyl groups excluding tert-OH is 1. The Morgan fingerprint density at radius 2 is 1.85 bits per heavy atom. The maximum absolute atomic E-state index is 10.2. The number of anilines is 1. The second kappa shape index (κ2) is 5.84. The number of benzene rings is 2. The SMILES string of the molecule is OC(CCNc1ccccc1)c1ccc2c(c1)OCO2. The molecule has 2 aromatic carbocycles. The second-order valence-electron chi connectivity index (χ2n) is 4.71. The Morgan fingerprint density at radius 3 is 2.70 bits per heavy atom. The van der Waals surface area contributed by atoms with Crippen molar-refractivity contribution in [1.29, 1.82) is 0 Å². The van der Waals surface area contributed by atoms with Gasteiger partial charge in [0.25, 0.3) is 0 Å². The van der Waals surface area contributed by atoms with Gasteiger partial charge in [0.1, 0.15) is 0 Å². The van der Waals surface area contributed by atoms with Crippen LogP contribution in [0.5, 0.6) is 11.5 Å². The molecule has 0 spiro atoms. The van der Waals surface area contributed by atoms with E-state index < -0.39 is 6.10 Å². The Bertz CT molecular complexity index is 571. The van der Waals surface area contributed by atoms with Crippen LogP contribution in [0.3, 0.4) is 0 Å². The number of nitrogens with one attached hydrogen (secondary N) is 1. The van der Waals surface area contributed by atoms with E-state index in [4.69, 9.17) is 9.47 Å². The minimum Gasteiger partial charge on any atom is -0.454 e. The van der Waals surface area contributed by atoms with Gasteiger partial charge in [-0.1, -0.05) is 24.3 Å². The number of rotatable bonds is 5. The monoisotopic (exact) mass is 271 g/mol. The lowest BCUT2D eigenvalue weighted by molar-refractivity contribution is 0.168. The summed E-state index contributed by atoms with van der Waals surface area (Å²) in [6.45, 7) is 0.962. The molecule has 2 N–H and O–H groups in total. The van der Waals surface area contributed by atoms with Crippen molar-refractivity contribution in [3.63, 3.8) is 0 Å². The van der Waals surface area contributed by atoms with Crippen LogP contribution in [-0.2, 0) is 0 Å². The Hall–Kier alpha value is -2.20. The van der Waals surface area contributed by atoms with Crippen molar-refractivity contribution >= 4 is 5.69 Å². The summed E-state index contributed by atoms with van der Waals surface area (Å²) in [4.78, 5) is 0. The fraction of sp³-hybridized carbons (Fsp3) is 0.250. The third-order valence-corrected chi connectivity index (χ3v) is 3.30. The molecule has 1 heterocycles. The first-order valence-electron chi connectivity index (χ1n) is 6.69. The quantitative estimate of drug-likeness (QED) is 0.878. The molecule has 1 aliphatic rings. The summed E-state index contributed by atoms with van der Waals surface area (Å²) >= 11 is 0. The summed E-state index contributed by atoms with van der Waals surface area (Å²) in [5.74, 6) is 1.45. The lowest BCUT2D eigenvalue weighted by Crippen LogP contribution is -2.07. The molecular formula is C16H17NO3. The molecule has 20 heavy (non-hydrogen) atoms. The van der Waals surface area contributed by atoms with E-state index in [1.165, 1.54) is 0 Å². The number of hydrogen-bond donors (Lipinski definition) is 2. The van der Waals surface area contributed by atoms with Gasteiger partial charge in [-0.05, 0) is 36.2 Å². The van der Waals surface area contributed by atoms with Crippen LogP contribution in [0.15, 0.2) is 48.5 Å². The number of hydrogen-bond acceptors (Lipinski definition) is 4. The van der Waals surface area contributed by atoms with Crippen molar-refractivity contribution in [2.24, 2.45) is 0 Å². The Morgan fingerprint density at radius 1 is 1.05 bits per heavy atom. The average Bonchev–Trinajstić information content (AvgIpc) is 2.95. The van der Waals surface area contributed by atoms with E-state index in [0.717, 1.165) is 17.0 Å². The van der Waals surface area contributed by atoms with Crippen molar-refractivity contribution in [2.45, 2.75) is 12.5 Å². The van der Waals surface area contributed by atoms with E-state index in [0.29, 0.717) is 18.7 Å². The lowest BCUT2D eigenvalue weighted by Gasteiger charge is -2.13. The molecule has 0 aromatic heterocycles. The molecule has 0 aliphatic carbocycles. The van der Waals surface area contributed by atoms with Gasteiger partial charge in [-0.2, -0.15) is 0 Å². The molecule has 4 heteroatoms. The third kappa shape index (κ3) is 2.86. The molecule has 104 valence electrons. The van der Waals surface area contributed by atoms with Gasteiger partial charge in [-0.3, -0.25) is 0 Å². The van der Waals surface area contributed by atoms with Gasteiger partial charge in [0.15, 0.2) is 11.5 Å². The Kier molecular flexibility index (Phi) is 3.74. The predicted molar refractivity (Wildman–Crippen MR) is 77.1 cm³/mol. The Labute approximate surface area is 118 Å². The normalized spacial score (nSPS) is 14.1. The minimum atomic E-state index is -0.513. The molecule has 0 saturated heterocycles. The molecule has 0 radical (unpaired) electrons. The molecule has 1 unspecified atom stereocenters. The molecule has 1 atom stereocenters.